The molecule has 0 atom stereocenters. The van der Waals surface area contributed by atoms with Gasteiger partial charge in [-0.15, -0.1) is 0 Å². The van der Waals surface area contributed by atoms with Gasteiger partial charge in [0.15, 0.2) is 0 Å². The molecule has 0 bridgehead atoms. The normalized spacial score (nSPS) is 11.1. The molecule has 2 aromatic carbocycles. The van der Waals surface area contributed by atoms with Gasteiger partial charge in [-0.3, -0.25) is 0 Å². The second-order valence-electron chi connectivity index (χ2n) is 6.73. The summed E-state index contributed by atoms with van der Waals surface area (Å²) >= 11 is 0. The number of hydrogen-bond donors (Lipinski definition) is 2. The lowest BCUT2D eigenvalue weighted by molar-refractivity contribution is 0.0523. The monoisotopic (exact) mass is 346 g/mol. The molecular weight excluding hydrogens is 323 g/mol. The fourth-order valence-corrected chi connectivity index (χ4v) is 2.09. The number of amides is 1. The molecule has 1 amide bonds. The summed E-state index contributed by atoms with van der Waals surface area (Å²) in [6.45, 7) is 7.39. The lowest BCUT2D eigenvalue weighted by Gasteiger charge is -2.20. The van der Waals surface area contributed by atoms with Crippen molar-refractivity contribution < 1.29 is 18.7 Å². The second-order valence-corrected chi connectivity index (χ2v) is 6.73. The average molecular weight is 346 g/mol. The molecule has 0 aliphatic heterocycles. The number of carbonyl (C=O) groups is 1. The van der Waals surface area contributed by atoms with E-state index in [4.69, 9.17) is 15.2 Å². The molecule has 6 heteroatoms. The van der Waals surface area contributed by atoms with Crippen LogP contribution in [0.15, 0.2) is 36.4 Å². The number of hydrogen-bond acceptors (Lipinski definition) is 4. The zero-order chi connectivity index (χ0) is 18.6. The van der Waals surface area contributed by atoms with E-state index in [0.29, 0.717) is 22.7 Å². The van der Waals surface area contributed by atoms with E-state index < -0.39 is 11.7 Å². The van der Waals surface area contributed by atoms with Crippen molar-refractivity contribution in [3.8, 4) is 11.5 Å². The van der Waals surface area contributed by atoms with Crippen molar-refractivity contribution in [3.05, 3.63) is 53.3 Å². The van der Waals surface area contributed by atoms with E-state index in [-0.39, 0.29) is 12.4 Å². The first kappa shape index (κ1) is 18.6. The van der Waals surface area contributed by atoms with Crippen LogP contribution in [-0.2, 0) is 11.3 Å². The number of benzene rings is 2. The molecule has 0 unspecified atom stereocenters. The SMILES string of the molecule is Cc1ccc(F)cc1Oc1ccc(N)c(CNC(=O)OC(C)(C)C)c1. The molecule has 0 heterocycles. The highest BCUT2D eigenvalue weighted by atomic mass is 19.1. The van der Waals surface area contributed by atoms with Crippen LogP contribution in [0.4, 0.5) is 14.9 Å². The summed E-state index contributed by atoms with van der Waals surface area (Å²) in [4.78, 5) is 11.8. The van der Waals surface area contributed by atoms with Crippen LogP contribution in [0.5, 0.6) is 11.5 Å². The molecule has 0 spiro atoms. The Balaban J connectivity index is 2.09. The molecule has 0 aliphatic carbocycles. The Morgan fingerprint density at radius 3 is 2.60 bits per heavy atom. The van der Waals surface area contributed by atoms with Gasteiger partial charge in [-0.1, -0.05) is 6.07 Å². The minimum atomic E-state index is -0.574. The Kier molecular flexibility index (Phi) is 5.51. The highest BCUT2D eigenvalue weighted by molar-refractivity contribution is 5.68. The zero-order valence-corrected chi connectivity index (χ0v) is 14.9. The predicted molar refractivity (Wildman–Crippen MR) is 95.1 cm³/mol. The van der Waals surface area contributed by atoms with Gasteiger partial charge in [0, 0.05) is 18.3 Å². The molecule has 3 N–H and O–H groups in total. The number of carbonyl (C=O) groups excluding carboxylic acids is 1. The van der Waals surface area contributed by atoms with Crippen molar-refractivity contribution in [1.82, 2.24) is 5.32 Å². The minimum absolute atomic E-state index is 0.195. The maximum absolute atomic E-state index is 13.4. The topological polar surface area (TPSA) is 73.6 Å². The van der Waals surface area contributed by atoms with Gasteiger partial charge in [-0.25, -0.2) is 9.18 Å². The van der Waals surface area contributed by atoms with Crippen LogP contribution in [0, 0.1) is 12.7 Å². The summed E-state index contributed by atoms with van der Waals surface area (Å²) in [6, 6.07) is 9.42. The summed E-state index contributed by atoms with van der Waals surface area (Å²) in [5.74, 6) is 0.558. The Bertz CT molecular complexity index is 770. The van der Waals surface area contributed by atoms with Crippen LogP contribution in [0.2, 0.25) is 0 Å². The molecule has 0 saturated carbocycles. The summed E-state index contributed by atoms with van der Waals surface area (Å²) in [5, 5.41) is 2.65. The van der Waals surface area contributed by atoms with Crippen molar-refractivity contribution in [2.75, 3.05) is 5.73 Å². The number of nitrogen functional groups attached to an aromatic ring is 1. The third kappa shape index (κ3) is 5.67. The third-order valence-electron chi connectivity index (χ3n) is 3.31. The third-order valence-corrected chi connectivity index (χ3v) is 3.31. The number of alkyl carbamates (subject to hydrolysis) is 1. The van der Waals surface area contributed by atoms with E-state index >= 15 is 0 Å². The van der Waals surface area contributed by atoms with Crippen LogP contribution in [0.3, 0.4) is 0 Å². The Morgan fingerprint density at radius 2 is 1.92 bits per heavy atom. The van der Waals surface area contributed by atoms with Gasteiger partial charge >= 0.3 is 6.09 Å². The highest BCUT2D eigenvalue weighted by Gasteiger charge is 2.16. The van der Waals surface area contributed by atoms with Crippen LogP contribution >= 0.6 is 0 Å². The van der Waals surface area contributed by atoms with Crippen LogP contribution in [0.1, 0.15) is 31.9 Å². The predicted octanol–water partition coefficient (Wildman–Crippen LogP) is 4.53. The summed E-state index contributed by atoms with van der Waals surface area (Å²) in [6.07, 6.45) is -0.529. The fraction of sp³-hybridized carbons (Fsp3) is 0.316. The number of ether oxygens (including phenoxy) is 2. The van der Waals surface area contributed by atoms with E-state index in [2.05, 4.69) is 5.32 Å². The molecular formula is C19H23FN2O3. The van der Waals surface area contributed by atoms with Crippen molar-refractivity contribution in [3.63, 3.8) is 0 Å². The molecule has 0 aliphatic rings. The molecule has 2 aromatic rings. The van der Waals surface area contributed by atoms with Crippen LogP contribution in [0.25, 0.3) is 0 Å². The number of rotatable bonds is 4. The molecule has 134 valence electrons. The maximum atomic E-state index is 13.4. The lowest BCUT2D eigenvalue weighted by Crippen LogP contribution is -2.32. The zero-order valence-electron chi connectivity index (χ0n) is 14.9. The van der Waals surface area contributed by atoms with Gasteiger partial charge in [0.25, 0.3) is 0 Å². The average Bonchev–Trinajstić information content (AvgIpc) is 2.49. The molecule has 5 nitrogen and oxygen atoms in total. The Morgan fingerprint density at radius 1 is 1.20 bits per heavy atom. The number of nitrogens with one attached hydrogen (secondary N) is 1. The van der Waals surface area contributed by atoms with E-state index in [1.165, 1.54) is 12.1 Å². The molecule has 0 aromatic heterocycles. The van der Waals surface area contributed by atoms with Gasteiger partial charge < -0.3 is 20.5 Å². The number of nitrogens with two attached hydrogens (primary N) is 1. The summed E-state index contributed by atoms with van der Waals surface area (Å²) < 4.78 is 24.3. The highest BCUT2D eigenvalue weighted by Crippen LogP contribution is 2.28. The van der Waals surface area contributed by atoms with Gasteiger partial charge in [-0.2, -0.15) is 0 Å². The van der Waals surface area contributed by atoms with Gasteiger partial charge in [-0.05, 0) is 63.1 Å². The molecule has 25 heavy (non-hydrogen) atoms. The maximum Gasteiger partial charge on any atom is 0.407 e. The van der Waals surface area contributed by atoms with Gasteiger partial charge in [0.1, 0.15) is 22.9 Å². The van der Waals surface area contributed by atoms with Crippen LogP contribution < -0.4 is 15.8 Å². The van der Waals surface area contributed by atoms with Crippen LogP contribution in [-0.4, -0.2) is 11.7 Å². The number of aryl methyl sites for hydroxylation is 1. The van der Waals surface area contributed by atoms with E-state index in [1.54, 1.807) is 45.0 Å². The van der Waals surface area contributed by atoms with Gasteiger partial charge in [0.05, 0.1) is 0 Å². The van der Waals surface area contributed by atoms with E-state index in [1.807, 2.05) is 6.92 Å². The standard InChI is InChI=1S/C19H23FN2O3/c1-12-5-6-14(20)10-17(12)24-15-7-8-16(21)13(9-15)11-22-18(23)25-19(2,3)4/h5-10H,11,21H2,1-4H3,(H,22,23). The Labute approximate surface area is 146 Å². The summed E-state index contributed by atoms with van der Waals surface area (Å²) in [5.41, 5.74) is 7.37. The first-order valence-corrected chi connectivity index (χ1v) is 7.93. The molecule has 0 saturated heterocycles. The van der Waals surface area contributed by atoms with Crippen molar-refractivity contribution in [2.45, 2.75) is 39.8 Å². The second kappa shape index (κ2) is 7.42. The first-order valence-electron chi connectivity index (χ1n) is 7.93. The first-order chi connectivity index (χ1) is 11.6. The van der Waals surface area contributed by atoms with Crippen molar-refractivity contribution >= 4 is 11.8 Å². The molecule has 2 rings (SSSR count). The smallest absolute Gasteiger partial charge is 0.407 e. The minimum Gasteiger partial charge on any atom is -0.457 e. The number of anilines is 1. The fourth-order valence-electron chi connectivity index (χ4n) is 2.09. The van der Waals surface area contributed by atoms with E-state index in [9.17, 15) is 9.18 Å². The molecule has 0 fully saturated rings. The van der Waals surface area contributed by atoms with Crippen molar-refractivity contribution in [2.24, 2.45) is 0 Å². The van der Waals surface area contributed by atoms with E-state index in [0.717, 1.165) is 5.56 Å². The Hall–Kier alpha value is -2.76. The quantitative estimate of drug-likeness (QED) is 0.798. The largest absolute Gasteiger partial charge is 0.457 e. The summed E-state index contributed by atoms with van der Waals surface area (Å²) in [7, 11) is 0. The van der Waals surface area contributed by atoms with Gasteiger partial charge in [0.2, 0.25) is 0 Å². The lowest BCUT2D eigenvalue weighted by atomic mass is 10.1. The van der Waals surface area contributed by atoms with Crippen molar-refractivity contribution in [1.29, 1.82) is 0 Å². The molecule has 0 radical (unpaired) electrons. The number of halogens is 1.